The van der Waals surface area contributed by atoms with Gasteiger partial charge < -0.3 is 34.7 Å². The number of methoxy groups -OCH3 is 1. The van der Waals surface area contributed by atoms with E-state index < -0.39 is 0 Å². The summed E-state index contributed by atoms with van der Waals surface area (Å²) in [4.78, 5) is 52.6. The molecule has 0 radical (unpaired) electrons. The number of nitrogens with two attached hydrogens (primary N) is 1. The van der Waals surface area contributed by atoms with E-state index in [4.69, 9.17) is 19.4 Å². The Morgan fingerprint density at radius 1 is 1.10 bits per heavy atom. The van der Waals surface area contributed by atoms with Gasteiger partial charge in [-0.25, -0.2) is 0 Å². The molecule has 15 heteroatoms. The second-order valence-corrected chi connectivity index (χ2v) is 11.8. The quantitative estimate of drug-likeness (QED) is 0.0542. The van der Waals surface area contributed by atoms with Crippen LogP contribution in [0.4, 0.5) is 0 Å². The van der Waals surface area contributed by atoms with E-state index in [1.165, 1.54) is 11.0 Å². The highest BCUT2D eigenvalue weighted by molar-refractivity contribution is 14.2. The number of allylic oxidation sites excluding steroid dienone is 2. The van der Waals surface area contributed by atoms with Gasteiger partial charge in [-0.2, -0.15) is 0 Å². The summed E-state index contributed by atoms with van der Waals surface area (Å²) in [5.41, 5.74) is 4.17. The van der Waals surface area contributed by atoms with Gasteiger partial charge in [0.25, 0.3) is 6.47 Å². The predicted octanol–water partition coefficient (Wildman–Crippen LogP) is 4.10. The fourth-order valence-corrected chi connectivity index (χ4v) is 3.14. The van der Waals surface area contributed by atoms with E-state index in [1.807, 2.05) is 0 Å². The summed E-state index contributed by atoms with van der Waals surface area (Å²) in [6.07, 6.45) is 7.70. The van der Waals surface area contributed by atoms with Gasteiger partial charge in [-0.3, -0.25) is 19.2 Å². The zero-order chi connectivity index (χ0) is 32.0. The summed E-state index contributed by atoms with van der Waals surface area (Å²) >= 11 is 4.38. The Morgan fingerprint density at radius 3 is 1.98 bits per heavy atom. The number of nitrogens with zero attached hydrogens (tertiary/aromatic N) is 1. The monoisotopic (exact) mass is 834 g/mol. The first-order chi connectivity index (χ1) is 19.0. The number of ether oxygens (including phenoxy) is 3. The van der Waals surface area contributed by atoms with Crippen LogP contribution in [-0.4, -0.2) is 98.7 Å². The number of primary amides is 1. The molecule has 0 rings (SSSR count). The van der Waals surface area contributed by atoms with Gasteiger partial charge in [0.1, 0.15) is 19.5 Å². The van der Waals surface area contributed by atoms with Crippen molar-refractivity contribution in [2.24, 2.45) is 5.73 Å². The Bertz CT molecular complexity index is 648. The van der Waals surface area contributed by atoms with E-state index in [1.54, 1.807) is 64.1 Å². The summed E-state index contributed by atoms with van der Waals surface area (Å²) in [5, 5.41) is 8.55. The Hall–Kier alpha value is -1.15. The molecular formula is C25H44I2N2O9S2. The fraction of sp³-hybridized carbons (Fsp3) is 0.560. The van der Waals surface area contributed by atoms with Gasteiger partial charge in [0.05, 0.1) is 19.1 Å². The molecule has 0 aliphatic rings. The third kappa shape index (κ3) is 53.2. The number of aliphatic hydroxyl groups excluding tert-OH is 1. The minimum atomic E-state index is -0.349. The van der Waals surface area contributed by atoms with Crippen LogP contribution in [0.5, 0.6) is 0 Å². The summed E-state index contributed by atoms with van der Waals surface area (Å²) in [7, 11) is 6.70. The number of aldehydes is 1. The van der Waals surface area contributed by atoms with Crippen molar-refractivity contribution in [3.63, 3.8) is 0 Å². The summed E-state index contributed by atoms with van der Waals surface area (Å²) in [5.74, 6) is 1.42. The van der Waals surface area contributed by atoms with Crippen molar-refractivity contribution in [2.75, 3.05) is 45.5 Å². The van der Waals surface area contributed by atoms with Gasteiger partial charge >= 0.3 is 5.97 Å². The van der Waals surface area contributed by atoms with Crippen molar-refractivity contribution in [3.8, 4) is 0 Å². The maximum Gasteiger partial charge on any atom is 0.307 e. The Balaban J connectivity index is -0.000000152. The number of carbonyl (C=O) groups excluding carboxylic acids is 5. The average molecular weight is 835 g/mol. The van der Waals surface area contributed by atoms with E-state index in [0.29, 0.717) is 26.0 Å². The van der Waals surface area contributed by atoms with Crippen LogP contribution in [0.3, 0.4) is 0 Å². The van der Waals surface area contributed by atoms with E-state index in [9.17, 15) is 19.2 Å². The summed E-state index contributed by atoms with van der Waals surface area (Å²) in [6, 6.07) is -0.219. The lowest BCUT2D eigenvalue weighted by Gasteiger charge is -2.24. The SMILES string of the molecule is C=C/C=C/C(C)O.C=CCOC=O.CC(CC(=O)OCCSI)N(C)C(=O)CCC=O.COCCSI.NC=O. The molecule has 40 heavy (non-hydrogen) atoms. The highest BCUT2D eigenvalue weighted by atomic mass is 127. The molecule has 2 atom stereocenters. The number of amides is 2. The largest absolute Gasteiger partial charge is 0.465 e. The summed E-state index contributed by atoms with van der Waals surface area (Å²) < 4.78 is 13.9. The smallest absolute Gasteiger partial charge is 0.307 e. The number of halogens is 2. The minimum Gasteiger partial charge on any atom is -0.465 e. The van der Waals surface area contributed by atoms with Crippen LogP contribution in [0.2, 0.25) is 0 Å². The lowest BCUT2D eigenvalue weighted by molar-refractivity contribution is -0.145. The molecule has 0 heterocycles. The number of rotatable bonds is 17. The first kappa shape index (κ1) is 48.6. The van der Waals surface area contributed by atoms with E-state index >= 15 is 0 Å². The summed E-state index contributed by atoms with van der Waals surface area (Å²) in [6.45, 7) is 12.2. The Kier molecular flexibility index (Phi) is 54.5. The van der Waals surface area contributed by atoms with Crippen LogP contribution < -0.4 is 5.73 Å². The van der Waals surface area contributed by atoms with Crippen molar-refractivity contribution in [2.45, 2.75) is 45.3 Å². The Labute approximate surface area is 271 Å². The Morgan fingerprint density at radius 2 is 1.65 bits per heavy atom. The molecule has 0 aliphatic carbocycles. The zero-order valence-corrected chi connectivity index (χ0v) is 29.5. The van der Waals surface area contributed by atoms with E-state index in [2.05, 4.69) is 66.0 Å². The molecule has 3 N–H and O–H groups in total. The first-order valence-corrected chi connectivity index (χ1v) is 18.7. The molecule has 0 aliphatic heterocycles. The second kappa shape index (κ2) is 44.9. The molecule has 0 saturated carbocycles. The minimum absolute atomic E-state index is 0.134. The van der Waals surface area contributed by atoms with Crippen LogP contribution in [-0.2, 0) is 38.2 Å². The third-order valence-electron chi connectivity index (χ3n) is 3.59. The maximum absolute atomic E-state index is 11.6. The van der Waals surface area contributed by atoms with Crippen molar-refractivity contribution >= 4 is 91.3 Å². The third-order valence-corrected chi connectivity index (χ3v) is 6.87. The van der Waals surface area contributed by atoms with E-state index in [-0.39, 0.29) is 49.7 Å². The van der Waals surface area contributed by atoms with Gasteiger partial charge in [-0.1, -0.05) is 55.3 Å². The van der Waals surface area contributed by atoms with Gasteiger partial charge in [-0.15, -0.1) is 0 Å². The molecule has 11 nitrogen and oxygen atoms in total. The molecule has 2 amide bonds. The molecular weight excluding hydrogens is 790 g/mol. The number of aliphatic hydroxyl groups is 1. The van der Waals surface area contributed by atoms with Gasteiger partial charge in [0.2, 0.25) is 12.3 Å². The van der Waals surface area contributed by atoms with Crippen LogP contribution >= 0.6 is 60.3 Å². The lowest BCUT2D eigenvalue weighted by Crippen LogP contribution is -2.36. The number of carbonyl (C=O) groups is 5. The average Bonchev–Trinajstić information content (AvgIpc) is 2.93. The predicted molar refractivity (Wildman–Crippen MR) is 181 cm³/mol. The molecule has 2 unspecified atom stereocenters. The van der Waals surface area contributed by atoms with Gasteiger partial charge in [0.15, 0.2) is 0 Å². The first-order valence-electron chi connectivity index (χ1n) is 11.6. The normalized spacial score (nSPS) is 10.5. The van der Waals surface area contributed by atoms with Crippen LogP contribution in [0.25, 0.3) is 0 Å². The van der Waals surface area contributed by atoms with Gasteiger partial charge in [0, 0.05) is 44.5 Å². The number of hydrogen-bond acceptors (Lipinski definition) is 11. The van der Waals surface area contributed by atoms with Crippen molar-refractivity contribution < 1.29 is 43.3 Å². The molecule has 0 aromatic heterocycles. The van der Waals surface area contributed by atoms with Crippen LogP contribution in [0.1, 0.15) is 33.1 Å². The highest BCUT2D eigenvalue weighted by Gasteiger charge is 2.18. The number of hydrogen-bond donors (Lipinski definition) is 2. The van der Waals surface area contributed by atoms with Crippen molar-refractivity contribution in [1.29, 1.82) is 0 Å². The van der Waals surface area contributed by atoms with Crippen molar-refractivity contribution in [1.82, 2.24) is 4.90 Å². The van der Waals surface area contributed by atoms with Crippen molar-refractivity contribution in [3.05, 3.63) is 37.5 Å². The lowest BCUT2D eigenvalue weighted by atomic mass is 10.2. The molecule has 0 fully saturated rings. The highest BCUT2D eigenvalue weighted by Crippen LogP contribution is 2.10. The zero-order valence-electron chi connectivity index (χ0n) is 23.6. The molecule has 0 spiro atoms. The maximum atomic E-state index is 11.6. The topological polar surface area (TPSA) is 163 Å². The van der Waals surface area contributed by atoms with Crippen LogP contribution in [0.15, 0.2) is 37.5 Å². The molecule has 0 aromatic carbocycles. The number of esters is 1. The van der Waals surface area contributed by atoms with E-state index in [0.717, 1.165) is 18.1 Å². The molecule has 0 aromatic rings. The molecule has 234 valence electrons. The van der Waals surface area contributed by atoms with Crippen LogP contribution in [0, 0.1) is 0 Å². The molecule has 0 saturated heterocycles. The fourth-order valence-electron chi connectivity index (χ4n) is 1.69. The second-order valence-electron chi connectivity index (χ2n) is 6.82. The van der Waals surface area contributed by atoms with Gasteiger partial charge in [-0.05, 0) is 56.3 Å². The molecule has 0 bridgehead atoms. The standard InChI is InChI=1S/C11H18INO4S.C6H10O.C4H6O2.C3H7IOS.CH3NO/c1-9(8-11(16)17-6-7-18-12)13(2)10(15)4-3-5-14;1-3-4-5-6(2)7;1-2-3-6-4-5;1-5-2-3-6-4;2-1-3/h5,9H,3-4,6-8H2,1-2H3;3-7H,1H2,2H3;2,4H,1,3H2;2-3H2,1H3;1H,(H2,2,3)/b;5-4+;;;.